The number of hydrogen-bond acceptors (Lipinski definition) is 4. The molecule has 1 aromatic carbocycles. The van der Waals surface area contributed by atoms with E-state index in [9.17, 15) is 4.79 Å². The van der Waals surface area contributed by atoms with Crippen molar-refractivity contribution in [3.63, 3.8) is 0 Å². The molecular formula is C12H11NO2S2. The van der Waals surface area contributed by atoms with E-state index in [2.05, 4.69) is 4.98 Å². The van der Waals surface area contributed by atoms with Crippen LogP contribution in [0.3, 0.4) is 0 Å². The summed E-state index contributed by atoms with van der Waals surface area (Å²) in [6.07, 6.45) is 1.87. The van der Waals surface area contributed by atoms with Crippen molar-refractivity contribution in [1.82, 2.24) is 4.98 Å². The number of benzene rings is 1. The number of thiazole rings is 1. The molecular weight excluding hydrogens is 254 g/mol. The van der Waals surface area contributed by atoms with Gasteiger partial charge in [0.05, 0.1) is 10.6 Å². The lowest BCUT2D eigenvalue weighted by atomic mass is 10.2. The second-order valence-corrected chi connectivity index (χ2v) is 5.84. The summed E-state index contributed by atoms with van der Waals surface area (Å²) in [6, 6.07) is 6.98. The van der Waals surface area contributed by atoms with Crippen molar-refractivity contribution in [2.75, 3.05) is 0 Å². The minimum Gasteiger partial charge on any atom is -0.478 e. The third kappa shape index (κ3) is 3.31. The summed E-state index contributed by atoms with van der Waals surface area (Å²) in [4.78, 5) is 17.2. The topological polar surface area (TPSA) is 50.2 Å². The Kier molecular flexibility index (Phi) is 3.81. The summed E-state index contributed by atoms with van der Waals surface area (Å²) in [5, 5.41) is 9.94. The molecule has 0 aliphatic heterocycles. The number of carboxylic acid groups (broad SMARTS) is 1. The predicted molar refractivity (Wildman–Crippen MR) is 69.8 cm³/mol. The molecule has 0 spiro atoms. The van der Waals surface area contributed by atoms with Crippen LogP contribution in [-0.4, -0.2) is 16.1 Å². The molecule has 0 aliphatic rings. The predicted octanol–water partition coefficient (Wildman–Crippen LogP) is 3.44. The monoisotopic (exact) mass is 265 g/mol. The maximum Gasteiger partial charge on any atom is 0.335 e. The van der Waals surface area contributed by atoms with Gasteiger partial charge in [-0.3, -0.25) is 0 Å². The van der Waals surface area contributed by atoms with Gasteiger partial charge in [0.15, 0.2) is 0 Å². The van der Waals surface area contributed by atoms with Gasteiger partial charge >= 0.3 is 5.97 Å². The number of hydrogen-bond donors (Lipinski definition) is 1. The molecule has 0 atom stereocenters. The van der Waals surface area contributed by atoms with Crippen LogP contribution in [0.15, 0.2) is 35.4 Å². The zero-order valence-electron chi connectivity index (χ0n) is 9.21. The second kappa shape index (κ2) is 5.33. The van der Waals surface area contributed by atoms with Crippen LogP contribution in [-0.2, 0) is 5.75 Å². The van der Waals surface area contributed by atoms with Crippen molar-refractivity contribution in [2.24, 2.45) is 0 Å². The third-order valence-electron chi connectivity index (χ3n) is 2.13. The molecule has 1 N–H and O–H groups in total. The average molecular weight is 265 g/mol. The van der Waals surface area contributed by atoms with Crippen LogP contribution >= 0.6 is 23.1 Å². The molecule has 1 aromatic heterocycles. The van der Waals surface area contributed by atoms with Crippen molar-refractivity contribution in [2.45, 2.75) is 17.6 Å². The van der Waals surface area contributed by atoms with E-state index in [0.717, 1.165) is 15.7 Å². The van der Waals surface area contributed by atoms with Gasteiger partial charge in [-0.05, 0) is 25.1 Å². The van der Waals surface area contributed by atoms with Crippen molar-refractivity contribution in [1.29, 1.82) is 0 Å². The highest BCUT2D eigenvalue weighted by Crippen LogP contribution is 2.26. The molecule has 17 heavy (non-hydrogen) atoms. The molecule has 88 valence electrons. The molecule has 0 unspecified atom stereocenters. The Hall–Kier alpha value is -1.33. The molecule has 0 radical (unpaired) electrons. The molecule has 2 rings (SSSR count). The molecule has 0 fully saturated rings. The zero-order chi connectivity index (χ0) is 12.3. The van der Waals surface area contributed by atoms with E-state index >= 15 is 0 Å². The third-order valence-corrected chi connectivity index (χ3v) is 4.27. The summed E-state index contributed by atoms with van der Waals surface area (Å²) < 4.78 is 0. The van der Waals surface area contributed by atoms with Crippen LogP contribution in [0.2, 0.25) is 0 Å². The minimum atomic E-state index is -0.888. The Morgan fingerprint density at radius 1 is 1.53 bits per heavy atom. The lowest BCUT2D eigenvalue weighted by Gasteiger charge is -2.00. The van der Waals surface area contributed by atoms with Gasteiger partial charge in [-0.1, -0.05) is 6.07 Å². The first-order valence-corrected chi connectivity index (χ1v) is 6.83. The zero-order valence-corrected chi connectivity index (χ0v) is 10.8. The van der Waals surface area contributed by atoms with Crippen LogP contribution in [0, 0.1) is 6.92 Å². The van der Waals surface area contributed by atoms with E-state index in [1.54, 1.807) is 41.3 Å². The number of thioether (sulfide) groups is 1. The van der Waals surface area contributed by atoms with E-state index in [0.29, 0.717) is 5.56 Å². The van der Waals surface area contributed by atoms with Gasteiger partial charge in [0.25, 0.3) is 0 Å². The Bertz CT molecular complexity index is 537. The molecule has 1 heterocycles. The second-order valence-electron chi connectivity index (χ2n) is 3.47. The summed E-state index contributed by atoms with van der Waals surface area (Å²) in [5.41, 5.74) is 0.329. The number of aromatic carboxylic acids is 1. The number of nitrogens with zero attached hydrogens (tertiary/aromatic N) is 1. The first-order valence-electron chi connectivity index (χ1n) is 5.02. The van der Waals surface area contributed by atoms with E-state index in [1.165, 1.54) is 4.88 Å². The lowest BCUT2D eigenvalue weighted by molar-refractivity contribution is 0.0696. The van der Waals surface area contributed by atoms with Gasteiger partial charge in [0.1, 0.15) is 0 Å². The summed E-state index contributed by atoms with van der Waals surface area (Å²) >= 11 is 3.29. The molecule has 0 aliphatic carbocycles. The van der Waals surface area contributed by atoms with E-state index < -0.39 is 5.97 Å². The highest BCUT2D eigenvalue weighted by molar-refractivity contribution is 7.98. The Morgan fingerprint density at radius 3 is 3.00 bits per heavy atom. The summed E-state index contributed by atoms with van der Waals surface area (Å²) in [6.45, 7) is 1.98. The van der Waals surface area contributed by atoms with Crippen molar-refractivity contribution >= 4 is 29.1 Å². The quantitative estimate of drug-likeness (QED) is 0.860. The fraction of sp³-hybridized carbons (Fsp3) is 0.167. The summed E-state index contributed by atoms with van der Waals surface area (Å²) in [7, 11) is 0. The minimum absolute atomic E-state index is 0.329. The molecule has 0 amide bonds. The number of aryl methyl sites for hydroxylation is 1. The molecule has 0 saturated carbocycles. The van der Waals surface area contributed by atoms with Crippen LogP contribution in [0.5, 0.6) is 0 Å². The Morgan fingerprint density at radius 2 is 2.35 bits per heavy atom. The van der Waals surface area contributed by atoms with Crippen LogP contribution in [0.25, 0.3) is 0 Å². The first-order chi connectivity index (χ1) is 8.15. The van der Waals surface area contributed by atoms with Crippen molar-refractivity contribution in [3.8, 4) is 0 Å². The van der Waals surface area contributed by atoms with Gasteiger partial charge in [-0.15, -0.1) is 23.1 Å². The largest absolute Gasteiger partial charge is 0.478 e. The van der Waals surface area contributed by atoms with Crippen LogP contribution in [0.4, 0.5) is 0 Å². The highest BCUT2D eigenvalue weighted by atomic mass is 32.2. The normalized spacial score (nSPS) is 10.4. The number of aromatic nitrogens is 1. The van der Waals surface area contributed by atoms with Crippen LogP contribution in [0.1, 0.15) is 20.2 Å². The van der Waals surface area contributed by atoms with Gasteiger partial charge in [-0.2, -0.15) is 0 Å². The van der Waals surface area contributed by atoms with Crippen molar-refractivity contribution in [3.05, 3.63) is 45.9 Å². The SMILES string of the molecule is Cc1ncc(CSc2cccc(C(=O)O)c2)s1. The van der Waals surface area contributed by atoms with Gasteiger partial charge in [0, 0.05) is 21.7 Å². The smallest absolute Gasteiger partial charge is 0.335 e. The standard InChI is InChI=1S/C12H11NO2S2/c1-8-13-6-11(17-8)7-16-10-4-2-3-9(5-10)12(14)15/h2-6H,7H2,1H3,(H,14,15). The van der Waals surface area contributed by atoms with E-state index in [-0.39, 0.29) is 0 Å². The molecule has 0 saturated heterocycles. The first kappa shape index (κ1) is 12.1. The molecule has 0 bridgehead atoms. The Labute approximate surface area is 108 Å². The maximum atomic E-state index is 10.8. The van der Waals surface area contributed by atoms with Crippen LogP contribution < -0.4 is 0 Å². The molecule has 3 nitrogen and oxygen atoms in total. The molecule has 5 heteroatoms. The highest BCUT2D eigenvalue weighted by Gasteiger charge is 2.04. The van der Waals surface area contributed by atoms with Crippen molar-refractivity contribution < 1.29 is 9.90 Å². The average Bonchev–Trinajstić information content (AvgIpc) is 2.73. The number of carboxylic acids is 1. The van der Waals surface area contributed by atoms with Gasteiger partial charge < -0.3 is 5.11 Å². The van der Waals surface area contributed by atoms with E-state index in [1.807, 2.05) is 19.2 Å². The fourth-order valence-corrected chi connectivity index (χ4v) is 3.12. The van der Waals surface area contributed by atoms with Gasteiger partial charge in [-0.25, -0.2) is 9.78 Å². The van der Waals surface area contributed by atoms with E-state index in [4.69, 9.17) is 5.11 Å². The lowest BCUT2D eigenvalue weighted by Crippen LogP contribution is -1.95. The summed E-state index contributed by atoms with van der Waals surface area (Å²) in [5.74, 6) is -0.0599. The fourth-order valence-electron chi connectivity index (χ4n) is 1.35. The van der Waals surface area contributed by atoms with Gasteiger partial charge in [0.2, 0.25) is 0 Å². The Balaban J connectivity index is 2.04. The number of rotatable bonds is 4. The molecule has 2 aromatic rings. The maximum absolute atomic E-state index is 10.8. The number of carbonyl (C=O) groups is 1.